The molecular weight excluding hydrogens is 234 g/mol. The van der Waals surface area contributed by atoms with Crippen molar-refractivity contribution in [2.45, 2.75) is 51.9 Å². The fourth-order valence-electron chi connectivity index (χ4n) is 1.90. The first-order chi connectivity index (χ1) is 9.33. The minimum atomic E-state index is 0.114. The molecule has 0 aliphatic carbocycles. The van der Waals surface area contributed by atoms with Crippen LogP contribution in [0.4, 0.5) is 5.69 Å². The third-order valence-corrected chi connectivity index (χ3v) is 2.94. The molecular formula is C17H23NO. The van der Waals surface area contributed by atoms with Crippen LogP contribution in [0.1, 0.15) is 51.9 Å². The van der Waals surface area contributed by atoms with E-state index < -0.39 is 0 Å². The Labute approximate surface area is 116 Å². The van der Waals surface area contributed by atoms with Gasteiger partial charge < -0.3 is 5.32 Å². The minimum Gasteiger partial charge on any atom is -0.326 e. The van der Waals surface area contributed by atoms with Crippen LogP contribution in [0.15, 0.2) is 30.3 Å². The molecule has 0 heterocycles. The van der Waals surface area contributed by atoms with Crippen molar-refractivity contribution in [3.8, 4) is 11.8 Å². The predicted molar refractivity (Wildman–Crippen MR) is 80.8 cm³/mol. The molecule has 0 bridgehead atoms. The van der Waals surface area contributed by atoms with E-state index in [9.17, 15) is 4.79 Å². The van der Waals surface area contributed by atoms with Crippen molar-refractivity contribution in [2.24, 2.45) is 0 Å². The van der Waals surface area contributed by atoms with Gasteiger partial charge in [0.15, 0.2) is 0 Å². The molecule has 0 saturated carbocycles. The number of hydrogen-bond donors (Lipinski definition) is 1. The zero-order valence-corrected chi connectivity index (χ0v) is 11.7. The lowest BCUT2D eigenvalue weighted by molar-refractivity contribution is -0.116. The van der Waals surface area contributed by atoms with Gasteiger partial charge in [0.05, 0.1) is 0 Å². The van der Waals surface area contributed by atoms with Gasteiger partial charge in [-0.15, -0.1) is 11.8 Å². The molecule has 0 radical (unpaired) electrons. The van der Waals surface area contributed by atoms with Gasteiger partial charge in [-0.25, -0.2) is 0 Å². The molecule has 1 aromatic carbocycles. The molecule has 0 fully saturated rings. The maximum atomic E-state index is 11.7. The molecule has 0 aliphatic rings. The summed E-state index contributed by atoms with van der Waals surface area (Å²) in [6, 6.07) is 9.61. The van der Waals surface area contributed by atoms with Crippen LogP contribution >= 0.6 is 0 Å². The highest BCUT2D eigenvalue weighted by Crippen LogP contribution is 2.09. The van der Waals surface area contributed by atoms with Crippen molar-refractivity contribution in [3.05, 3.63) is 30.3 Å². The summed E-state index contributed by atoms with van der Waals surface area (Å²) in [6.45, 7) is 1.88. The van der Waals surface area contributed by atoms with E-state index in [0.717, 1.165) is 24.9 Å². The van der Waals surface area contributed by atoms with E-state index in [0.29, 0.717) is 6.42 Å². The first-order valence-electron chi connectivity index (χ1n) is 7.07. The third kappa shape index (κ3) is 8.05. The maximum Gasteiger partial charge on any atom is 0.224 e. The summed E-state index contributed by atoms with van der Waals surface area (Å²) in [5.41, 5.74) is 0.880. The van der Waals surface area contributed by atoms with Gasteiger partial charge in [0, 0.05) is 18.5 Å². The summed E-state index contributed by atoms with van der Waals surface area (Å²) in [6.07, 6.45) is 7.31. The summed E-state index contributed by atoms with van der Waals surface area (Å²) in [5.74, 6) is 6.09. The molecule has 1 amide bonds. The van der Waals surface area contributed by atoms with Crippen LogP contribution in [0, 0.1) is 11.8 Å². The zero-order chi connectivity index (χ0) is 13.8. The quantitative estimate of drug-likeness (QED) is 0.543. The second-order valence-electron chi connectivity index (χ2n) is 4.61. The number of para-hydroxylation sites is 1. The molecule has 0 aliphatic heterocycles. The lowest BCUT2D eigenvalue weighted by Crippen LogP contribution is -2.10. The van der Waals surface area contributed by atoms with Crippen molar-refractivity contribution >= 4 is 11.6 Å². The van der Waals surface area contributed by atoms with Crippen LogP contribution in [-0.4, -0.2) is 5.91 Å². The van der Waals surface area contributed by atoms with Gasteiger partial charge in [0.2, 0.25) is 5.91 Å². The van der Waals surface area contributed by atoms with Gasteiger partial charge in [-0.3, -0.25) is 4.79 Å². The average molecular weight is 257 g/mol. The lowest BCUT2D eigenvalue weighted by atomic mass is 10.1. The molecule has 2 heteroatoms. The molecule has 19 heavy (non-hydrogen) atoms. The second-order valence-corrected chi connectivity index (χ2v) is 4.61. The van der Waals surface area contributed by atoms with Crippen molar-refractivity contribution in [1.82, 2.24) is 0 Å². The van der Waals surface area contributed by atoms with E-state index in [1.165, 1.54) is 19.3 Å². The second kappa shape index (κ2) is 10.2. The smallest absolute Gasteiger partial charge is 0.224 e. The maximum absolute atomic E-state index is 11.7. The number of anilines is 1. The summed E-state index contributed by atoms with van der Waals surface area (Å²) < 4.78 is 0. The average Bonchev–Trinajstić information content (AvgIpc) is 2.43. The fraction of sp³-hybridized carbons (Fsp3) is 0.471. The largest absolute Gasteiger partial charge is 0.326 e. The fourth-order valence-corrected chi connectivity index (χ4v) is 1.90. The normalized spacial score (nSPS) is 9.53. The highest BCUT2D eigenvalue weighted by Gasteiger charge is 2.01. The Kier molecular flexibility index (Phi) is 8.22. The summed E-state index contributed by atoms with van der Waals surface area (Å²) in [7, 11) is 0. The summed E-state index contributed by atoms with van der Waals surface area (Å²) >= 11 is 0. The predicted octanol–water partition coefficient (Wildman–Crippen LogP) is 4.38. The third-order valence-electron chi connectivity index (χ3n) is 2.94. The van der Waals surface area contributed by atoms with Crippen LogP contribution in [0.2, 0.25) is 0 Å². The first-order valence-corrected chi connectivity index (χ1v) is 7.07. The van der Waals surface area contributed by atoms with E-state index in [4.69, 9.17) is 0 Å². The number of carbonyl (C=O) groups is 1. The molecule has 0 atom stereocenters. The molecule has 1 rings (SSSR count). The van der Waals surface area contributed by atoms with Gasteiger partial charge in [0.25, 0.3) is 0 Å². The number of benzene rings is 1. The Morgan fingerprint density at radius 3 is 2.47 bits per heavy atom. The van der Waals surface area contributed by atoms with Crippen molar-refractivity contribution in [3.63, 3.8) is 0 Å². The molecule has 2 nitrogen and oxygen atoms in total. The van der Waals surface area contributed by atoms with Crippen LogP contribution in [-0.2, 0) is 4.79 Å². The number of rotatable bonds is 8. The Balaban J connectivity index is 2.00. The topological polar surface area (TPSA) is 29.1 Å². The highest BCUT2D eigenvalue weighted by molar-refractivity contribution is 5.90. The number of unbranched alkanes of at least 4 members (excludes halogenated alkanes) is 5. The van der Waals surface area contributed by atoms with E-state index in [1.807, 2.05) is 37.3 Å². The molecule has 102 valence electrons. The van der Waals surface area contributed by atoms with Crippen molar-refractivity contribution in [2.75, 3.05) is 5.32 Å². The van der Waals surface area contributed by atoms with Crippen LogP contribution in [0.25, 0.3) is 0 Å². The number of carbonyl (C=O) groups excluding carboxylic acids is 1. The molecule has 1 N–H and O–H groups in total. The standard InChI is InChI=1S/C17H23NO/c1-2-3-4-5-6-7-8-12-15-17(19)18-16-13-10-9-11-14-16/h9-11,13-14H,4-8,12,15H2,1H3,(H,18,19). The molecule has 0 aromatic heterocycles. The van der Waals surface area contributed by atoms with Crippen molar-refractivity contribution in [1.29, 1.82) is 0 Å². The van der Waals surface area contributed by atoms with Crippen LogP contribution < -0.4 is 5.32 Å². The first kappa shape index (κ1) is 15.3. The molecule has 0 unspecified atom stereocenters. The highest BCUT2D eigenvalue weighted by atomic mass is 16.1. The number of hydrogen-bond acceptors (Lipinski definition) is 1. The zero-order valence-electron chi connectivity index (χ0n) is 11.7. The van der Waals surface area contributed by atoms with Crippen LogP contribution in [0.5, 0.6) is 0 Å². The van der Waals surface area contributed by atoms with E-state index in [1.54, 1.807) is 0 Å². The number of nitrogens with one attached hydrogen (secondary N) is 1. The van der Waals surface area contributed by atoms with Gasteiger partial charge >= 0.3 is 0 Å². The van der Waals surface area contributed by atoms with E-state index in [-0.39, 0.29) is 5.91 Å². The summed E-state index contributed by atoms with van der Waals surface area (Å²) in [5, 5.41) is 2.90. The Morgan fingerprint density at radius 1 is 1.05 bits per heavy atom. The minimum absolute atomic E-state index is 0.114. The monoisotopic (exact) mass is 257 g/mol. The molecule has 0 saturated heterocycles. The lowest BCUT2D eigenvalue weighted by Gasteiger charge is -2.04. The Bertz CT molecular complexity index is 414. The van der Waals surface area contributed by atoms with Gasteiger partial charge in [0.1, 0.15) is 0 Å². The van der Waals surface area contributed by atoms with Crippen LogP contribution in [0.3, 0.4) is 0 Å². The summed E-state index contributed by atoms with van der Waals surface area (Å²) in [4.78, 5) is 11.7. The molecule has 0 spiro atoms. The SMILES string of the molecule is CC#CCCCCCCCC(=O)Nc1ccccc1. The molecule has 1 aromatic rings. The van der Waals surface area contributed by atoms with Gasteiger partial charge in [-0.2, -0.15) is 0 Å². The van der Waals surface area contributed by atoms with Gasteiger partial charge in [-0.05, 0) is 31.9 Å². The van der Waals surface area contributed by atoms with Crippen molar-refractivity contribution < 1.29 is 4.79 Å². The van der Waals surface area contributed by atoms with E-state index in [2.05, 4.69) is 17.2 Å². The Hall–Kier alpha value is -1.75. The Morgan fingerprint density at radius 2 is 1.74 bits per heavy atom. The van der Waals surface area contributed by atoms with E-state index >= 15 is 0 Å². The number of amides is 1. The van der Waals surface area contributed by atoms with Gasteiger partial charge in [-0.1, -0.05) is 37.5 Å².